The molecule has 1 fully saturated rings. The average molecular weight is 400 g/mol. The zero-order valence-electron chi connectivity index (χ0n) is 17.0. The van der Waals surface area contributed by atoms with Gasteiger partial charge in [-0.15, -0.1) is 0 Å². The van der Waals surface area contributed by atoms with Crippen LogP contribution < -0.4 is 9.47 Å². The summed E-state index contributed by atoms with van der Waals surface area (Å²) in [5.41, 5.74) is 2.58. The smallest absolute Gasteiger partial charge is 0.343 e. The Labute approximate surface area is 176 Å². The van der Waals surface area contributed by atoms with Crippen molar-refractivity contribution < 1.29 is 19.1 Å². The summed E-state index contributed by atoms with van der Waals surface area (Å²) in [5.74, 6) is 0.0349. The van der Waals surface area contributed by atoms with Gasteiger partial charge in [-0.05, 0) is 55.5 Å². The second kappa shape index (κ2) is 8.95. The zero-order valence-corrected chi connectivity index (χ0v) is 17.0. The highest BCUT2D eigenvalue weighted by Crippen LogP contribution is 2.44. The molecule has 4 nitrogen and oxygen atoms in total. The number of carbonyl (C=O) groups is 2. The number of ether oxygens (including phenoxy) is 2. The summed E-state index contributed by atoms with van der Waals surface area (Å²) in [6.45, 7) is 1.85. The van der Waals surface area contributed by atoms with E-state index < -0.39 is 11.9 Å². The quantitative estimate of drug-likeness (QED) is 0.384. The van der Waals surface area contributed by atoms with E-state index in [0.717, 1.165) is 36.8 Å². The van der Waals surface area contributed by atoms with Crippen LogP contribution in [-0.2, 0) is 0 Å². The first-order valence-corrected chi connectivity index (χ1v) is 10.3. The monoisotopic (exact) mass is 400 g/mol. The van der Waals surface area contributed by atoms with Crippen molar-refractivity contribution in [2.24, 2.45) is 0 Å². The first-order valence-electron chi connectivity index (χ1n) is 10.3. The lowest BCUT2D eigenvalue weighted by Gasteiger charge is -2.20. The van der Waals surface area contributed by atoms with Crippen LogP contribution in [0.4, 0.5) is 0 Å². The van der Waals surface area contributed by atoms with Gasteiger partial charge in [0.2, 0.25) is 0 Å². The first-order chi connectivity index (χ1) is 14.6. The molecule has 30 heavy (non-hydrogen) atoms. The summed E-state index contributed by atoms with van der Waals surface area (Å²) in [6, 6.07) is 21.6. The minimum absolute atomic E-state index is 0.290. The molecule has 4 heteroatoms. The molecular formula is C26H24O4. The third-order valence-corrected chi connectivity index (χ3v) is 5.54. The van der Waals surface area contributed by atoms with Gasteiger partial charge < -0.3 is 9.47 Å². The highest BCUT2D eigenvalue weighted by atomic mass is 16.6. The van der Waals surface area contributed by atoms with Gasteiger partial charge in [-0.25, -0.2) is 9.59 Å². The van der Waals surface area contributed by atoms with Crippen LogP contribution >= 0.6 is 0 Å². The molecule has 1 saturated carbocycles. The molecule has 152 valence electrons. The summed E-state index contributed by atoms with van der Waals surface area (Å²) in [7, 11) is 0. The Morgan fingerprint density at radius 2 is 1.20 bits per heavy atom. The highest BCUT2D eigenvalue weighted by molar-refractivity contribution is 5.93. The van der Waals surface area contributed by atoms with Gasteiger partial charge in [0.25, 0.3) is 0 Å². The van der Waals surface area contributed by atoms with E-state index in [1.807, 2.05) is 31.2 Å². The van der Waals surface area contributed by atoms with Crippen LogP contribution in [0.1, 0.15) is 63.4 Å². The fourth-order valence-corrected chi connectivity index (χ4v) is 3.92. The van der Waals surface area contributed by atoms with Crippen molar-refractivity contribution >= 4 is 11.9 Å². The van der Waals surface area contributed by atoms with Crippen LogP contribution in [0.25, 0.3) is 0 Å². The van der Waals surface area contributed by atoms with Gasteiger partial charge in [-0.1, -0.05) is 61.4 Å². The van der Waals surface area contributed by atoms with Gasteiger partial charge in [0.1, 0.15) is 0 Å². The maximum atomic E-state index is 12.8. The van der Waals surface area contributed by atoms with Crippen LogP contribution in [0.5, 0.6) is 11.5 Å². The minimum atomic E-state index is -0.473. The average Bonchev–Trinajstić information content (AvgIpc) is 3.32. The SMILES string of the molecule is Cc1ccc(C2CCCC2)c(OC(=O)c2ccccc2)c1OC(=O)c1ccccc1. The second-order valence-corrected chi connectivity index (χ2v) is 7.62. The summed E-state index contributed by atoms with van der Waals surface area (Å²) in [4.78, 5) is 25.6. The van der Waals surface area contributed by atoms with Crippen molar-refractivity contribution in [3.05, 3.63) is 95.1 Å². The number of aryl methyl sites for hydroxylation is 1. The van der Waals surface area contributed by atoms with Gasteiger partial charge in [-0.2, -0.15) is 0 Å². The molecule has 0 saturated heterocycles. The van der Waals surface area contributed by atoms with E-state index in [-0.39, 0.29) is 0 Å². The molecule has 0 amide bonds. The van der Waals surface area contributed by atoms with E-state index in [0.29, 0.717) is 28.5 Å². The van der Waals surface area contributed by atoms with Crippen LogP contribution in [0.3, 0.4) is 0 Å². The molecule has 1 aliphatic carbocycles. The number of benzene rings is 3. The molecule has 1 aliphatic rings. The zero-order chi connectivity index (χ0) is 20.9. The number of hydrogen-bond acceptors (Lipinski definition) is 4. The second-order valence-electron chi connectivity index (χ2n) is 7.62. The summed E-state index contributed by atoms with van der Waals surface area (Å²) in [5, 5.41) is 0. The van der Waals surface area contributed by atoms with Gasteiger partial charge >= 0.3 is 11.9 Å². The molecule has 0 N–H and O–H groups in total. The maximum Gasteiger partial charge on any atom is 0.343 e. The van der Waals surface area contributed by atoms with Crippen molar-refractivity contribution in [2.75, 3.05) is 0 Å². The predicted octanol–water partition coefficient (Wildman–Crippen LogP) is 6.09. The third kappa shape index (κ3) is 4.28. The maximum absolute atomic E-state index is 12.8. The van der Waals surface area contributed by atoms with E-state index in [1.165, 1.54) is 0 Å². The molecule has 0 atom stereocenters. The van der Waals surface area contributed by atoms with E-state index in [2.05, 4.69) is 0 Å². The van der Waals surface area contributed by atoms with Crippen molar-refractivity contribution in [1.29, 1.82) is 0 Å². The lowest BCUT2D eigenvalue weighted by Crippen LogP contribution is -2.15. The van der Waals surface area contributed by atoms with Crippen LogP contribution in [0.2, 0.25) is 0 Å². The number of hydrogen-bond donors (Lipinski definition) is 0. The van der Waals surface area contributed by atoms with Gasteiger partial charge in [-0.3, -0.25) is 0 Å². The van der Waals surface area contributed by atoms with E-state index >= 15 is 0 Å². The standard InChI is InChI=1S/C26H24O4/c1-18-16-17-22(19-10-8-9-11-19)24(30-26(28)21-14-6-3-7-15-21)23(18)29-25(27)20-12-4-2-5-13-20/h2-7,12-17,19H,8-11H2,1H3. The number of rotatable bonds is 5. The van der Waals surface area contributed by atoms with Gasteiger partial charge in [0.15, 0.2) is 11.5 Å². The van der Waals surface area contributed by atoms with E-state index in [4.69, 9.17) is 9.47 Å². The van der Waals surface area contributed by atoms with Crippen LogP contribution in [0, 0.1) is 6.92 Å². The lowest BCUT2D eigenvalue weighted by molar-refractivity contribution is 0.0679. The molecule has 0 spiro atoms. The van der Waals surface area contributed by atoms with Crippen molar-refractivity contribution in [1.82, 2.24) is 0 Å². The fourth-order valence-electron chi connectivity index (χ4n) is 3.92. The Kier molecular flexibility index (Phi) is 5.94. The predicted molar refractivity (Wildman–Crippen MR) is 115 cm³/mol. The molecule has 3 aromatic rings. The molecular weight excluding hydrogens is 376 g/mol. The first kappa shape index (κ1) is 19.9. The molecule has 0 aromatic heterocycles. The molecule has 0 bridgehead atoms. The normalized spacial score (nSPS) is 13.8. The van der Waals surface area contributed by atoms with Crippen molar-refractivity contribution in [2.45, 2.75) is 38.5 Å². The van der Waals surface area contributed by atoms with Crippen LogP contribution in [0.15, 0.2) is 72.8 Å². The van der Waals surface area contributed by atoms with Gasteiger partial charge in [0, 0.05) is 5.56 Å². The summed E-state index contributed by atoms with van der Waals surface area (Å²) in [6.07, 6.45) is 4.35. The molecule has 4 rings (SSSR count). The number of esters is 2. The Morgan fingerprint density at radius 1 is 0.700 bits per heavy atom. The minimum Gasteiger partial charge on any atom is -0.419 e. The van der Waals surface area contributed by atoms with E-state index in [9.17, 15) is 9.59 Å². The van der Waals surface area contributed by atoms with Crippen molar-refractivity contribution in [3.63, 3.8) is 0 Å². The van der Waals surface area contributed by atoms with Crippen molar-refractivity contribution in [3.8, 4) is 11.5 Å². The Balaban J connectivity index is 1.73. The number of carbonyl (C=O) groups excluding carboxylic acids is 2. The molecule has 0 unspecified atom stereocenters. The van der Waals surface area contributed by atoms with Gasteiger partial charge in [0.05, 0.1) is 11.1 Å². The Hall–Kier alpha value is -3.40. The largest absolute Gasteiger partial charge is 0.419 e. The van der Waals surface area contributed by atoms with Crippen LogP contribution in [-0.4, -0.2) is 11.9 Å². The lowest BCUT2D eigenvalue weighted by atomic mass is 9.95. The highest BCUT2D eigenvalue weighted by Gasteiger charge is 2.27. The molecule has 3 aromatic carbocycles. The summed E-state index contributed by atoms with van der Waals surface area (Å²) >= 11 is 0. The van der Waals surface area contributed by atoms with E-state index in [1.54, 1.807) is 48.5 Å². The Morgan fingerprint density at radius 3 is 1.73 bits per heavy atom. The molecule has 0 radical (unpaired) electrons. The Bertz CT molecular complexity index is 1040. The fraction of sp³-hybridized carbons (Fsp3) is 0.231. The molecule has 0 aliphatic heterocycles. The summed E-state index contributed by atoms with van der Waals surface area (Å²) < 4.78 is 11.7. The third-order valence-electron chi connectivity index (χ3n) is 5.54. The topological polar surface area (TPSA) is 52.6 Å². The molecule has 0 heterocycles.